The lowest BCUT2D eigenvalue weighted by atomic mass is 10.1. The lowest BCUT2D eigenvalue weighted by molar-refractivity contribution is 0.0923. The molecule has 3 heterocycles. The molecule has 1 saturated heterocycles. The number of aromatic nitrogens is 2. The number of fused-ring (bicyclic) bond motifs is 3. The van der Waals surface area contributed by atoms with Crippen LogP contribution in [0.2, 0.25) is 0 Å². The van der Waals surface area contributed by atoms with Gasteiger partial charge in [0.15, 0.2) is 0 Å². The molecule has 2 bridgehead atoms. The number of nitrogens with zero attached hydrogens (tertiary/aromatic N) is 2. The van der Waals surface area contributed by atoms with E-state index < -0.39 is 0 Å². The van der Waals surface area contributed by atoms with E-state index in [-0.39, 0.29) is 11.9 Å². The van der Waals surface area contributed by atoms with Gasteiger partial charge in [0.2, 0.25) is 0 Å². The van der Waals surface area contributed by atoms with Crippen LogP contribution in [0.1, 0.15) is 23.3 Å². The Balaban J connectivity index is 1.56. The molecule has 2 fully saturated rings. The number of halogens is 1. The Kier molecular flexibility index (Phi) is 2.82. The van der Waals surface area contributed by atoms with Crippen molar-refractivity contribution in [3.63, 3.8) is 0 Å². The predicted octanol–water partition coefficient (Wildman–Crippen LogP) is 1.58. The molecular formula is C14H15BrN4O. The molecule has 5 nitrogen and oxygen atoms in total. The predicted molar refractivity (Wildman–Crippen MR) is 78.7 cm³/mol. The Morgan fingerprint density at radius 1 is 1.45 bits per heavy atom. The van der Waals surface area contributed by atoms with E-state index in [1.807, 2.05) is 16.5 Å². The fraction of sp³-hybridized carbons (Fsp3) is 0.429. The largest absolute Gasteiger partial charge is 0.346 e. The van der Waals surface area contributed by atoms with Gasteiger partial charge in [-0.3, -0.25) is 4.79 Å². The zero-order valence-corrected chi connectivity index (χ0v) is 12.4. The maximum atomic E-state index is 12.3. The topological polar surface area (TPSA) is 58.4 Å². The van der Waals surface area contributed by atoms with Crippen molar-refractivity contribution in [3.8, 4) is 0 Å². The first kappa shape index (κ1) is 12.3. The molecule has 0 radical (unpaired) electrons. The van der Waals surface area contributed by atoms with Gasteiger partial charge >= 0.3 is 0 Å². The summed E-state index contributed by atoms with van der Waals surface area (Å²) in [6.45, 7) is 1.09. The zero-order valence-electron chi connectivity index (χ0n) is 10.8. The van der Waals surface area contributed by atoms with Crippen LogP contribution in [0.4, 0.5) is 0 Å². The Bertz CT molecular complexity index is 683. The molecule has 6 heteroatoms. The summed E-state index contributed by atoms with van der Waals surface area (Å²) >= 11 is 3.46. The van der Waals surface area contributed by atoms with Crippen molar-refractivity contribution in [2.24, 2.45) is 5.92 Å². The molecular weight excluding hydrogens is 320 g/mol. The maximum Gasteiger partial charge on any atom is 0.271 e. The van der Waals surface area contributed by atoms with Gasteiger partial charge in [0.1, 0.15) is 5.69 Å². The monoisotopic (exact) mass is 334 g/mol. The van der Waals surface area contributed by atoms with Crippen LogP contribution in [-0.4, -0.2) is 33.9 Å². The third kappa shape index (κ3) is 1.94. The second-order valence-electron chi connectivity index (χ2n) is 5.66. The fourth-order valence-corrected chi connectivity index (χ4v) is 3.78. The summed E-state index contributed by atoms with van der Waals surface area (Å²) in [6, 6.07) is 4.58. The number of amides is 1. The first-order valence-electron chi connectivity index (χ1n) is 6.87. The van der Waals surface area contributed by atoms with Crippen molar-refractivity contribution in [1.82, 2.24) is 20.0 Å². The lowest BCUT2D eigenvalue weighted by Gasteiger charge is -2.23. The SMILES string of the molecule is O=C(NC1CC2CNC1C2)c1cn2c(Br)ccc2cn1. The molecule has 0 spiro atoms. The molecule has 20 heavy (non-hydrogen) atoms. The van der Waals surface area contributed by atoms with E-state index in [2.05, 4.69) is 31.5 Å². The number of rotatable bonds is 2. The number of nitrogens with one attached hydrogen (secondary N) is 2. The average Bonchev–Trinajstić information content (AvgIpc) is 3.15. The van der Waals surface area contributed by atoms with Crippen LogP contribution < -0.4 is 10.6 Å². The van der Waals surface area contributed by atoms with E-state index in [9.17, 15) is 4.79 Å². The molecule has 1 saturated carbocycles. The summed E-state index contributed by atoms with van der Waals surface area (Å²) in [5, 5.41) is 6.56. The van der Waals surface area contributed by atoms with E-state index in [1.54, 1.807) is 12.4 Å². The van der Waals surface area contributed by atoms with Gasteiger partial charge < -0.3 is 15.0 Å². The van der Waals surface area contributed by atoms with E-state index >= 15 is 0 Å². The van der Waals surface area contributed by atoms with E-state index in [4.69, 9.17) is 0 Å². The summed E-state index contributed by atoms with van der Waals surface area (Å²) in [5.41, 5.74) is 1.42. The van der Waals surface area contributed by atoms with E-state index in [0.29, 0.717) is 11.7 Å². The van der Waals surface area contributed by atoms with E-state index in [1.165, 1.54) is 6.42 Å². The standard InChI is InChI=1S/C14H15BrN4O/c15-13-2-1-9-6-17-12(7-19(9)13)14(20)18-11-4-8-3-10(11)16-5-8/h1-2,6-8,10-11,16H,3-5H2,(H,18,20). The van der Waals surface area contributed by atoms with Crippen LogP contribution in [0.3, 0.4) is 0 Å². The molecule has 1 amide bonds. The third-order valence-electron chi connectivity index (χ3n) is 4.37. The Labute approximate surface area is 124 Å². The Morgan fingerprint density at radius 2 is 2.35 bits per heavy atom. The molecule has 4 rings (SSSR count). The highest BCUT2D eigenvalue weighted by Crippen LogP contribution is 2.31. The first-order valence-corrected chi connectivity index (χ1v) is 7.67. The van der Waals surface area contributed by atoms with Crippen LogP contribution in [0, 0.1) is 5.92 Å². The lowest BCUT2D eigenvalue weighted by Crippen LogP contribution is -2.48. The van der Waals surface area contributed by atoms with Gasteiger partial charge in [-0.25, -0.2) is 4.98 Å². The molecule has 104 valence electrons. The van der Waals surface area contributed by atoms with Crippen LogP contribution in [-0.2, 0) is 0 Å². The van der Waals surface area contributed by atoms with Gasteiger partial charge in [-0.1, -0.05) is 0 Å². The van der Waals surface area contributed by atoms with Crippen molar-refractivity contribution in [2.75, 3.05) is 6.54 Å². The van der Waals surface area contributed by atoms with Crippen molar-refractivity contribution in [3.05, 3.63) is 34.8 Å². The molecule has 3 atom stereocenters. The summed E-state index contributed by atoms with van der Waals surface area (Å²) in [4.78, 5) is 16.6. The molecule has 1 aliphatic carbocycles. The average molecular weight is 335 g/mol. The Morgan fingerprint density at radius 3 is 3.10 bits per heavy atom. The van der Waals surface area contributed by atoms with Crippen LogP contribution in [0.15, 0.2) is 29.1 Å². The van der Waals surface area contributed by atoms with Gasteiger partial charge in [0, 0.05) is 18.3 Å². The normalized spacial score (nSPS) is 28.1. The highest BCUT2D eigenvalue weighted by molar-refractivity contribution is 9.10. The molecule has 1 aliphatic heterocycles. The van der Waals surface area contributed by atoms with Crippen LogP contribution in [0.5, 0.6) is 0 Å². The van der Waals surface area contributed by atoms with Crippen LogP contribution in [0.25, 0.3) is 5.52 Å². The number of carbonyl (C=O) groups is 1. The minimum Gasteiger partial charge on any atom is -0.346 e. The molecule has 3 unspecified atom stereocenters. The minimum atomic E-state index is -0.0909. The molecule has 2 aromatic heterocycles. The van der Waals surface area contributed by atoms with Crippen molar-refractivity contribution in [2.45, 2.75) is 24.9 Å². The fourth-order valence-electron chi connectivity index (χ4n) is 3.34. The van der Waals surface area contributed by atoms with Crippen molar-refractivity contribution < 1.29 is 4.79 Å². The van der Waals surface area contributed by atoms with Gasteiger partial charge in [0.25, 0.3) is 5.91 Å². The molecule has 2 aliphatic rings. The van der Waals surface area contributed by atoms with Crippen molar-refractivity contribution in [1.29, 1.82) is 0 Å². The van der Waals surface area contributed by atoms with Crippen LogP contribution >= 0.6 is 15.9 Å². The number of carbonyl (C=O) groups excluding carboxylic acids is 1. The maximum absolute atomic E-state index is 12.3. The van der Waals surface area contributed by atoms with Gasteiger partial charge in [0.05, 0.1) is 16.3 Å². The third-order valence-corrected chi connectivity index (χ3v) is 5.01. The van der Waals surface area contributed by atoms with Gasteiger partial charge in [-0.05, 0) is 53.4 Å². The second-order valence-corrected chi connectivity index (χ2v) is 6.47. The van der Waals surface area contributed by atoms with Crippen molar-refractivity contribution >= 4 is 27.4 Å². The number of hydrogen-bond donors (Lipinski definition) is 2. The smallest absolute Gasteiger partial charge is 0.271 e. The Hall–Kier alpha value is -1.40. The number of piperidine rings is 1. The summed E-state index contributed by atoms with van der Waals surface area (Å²) in [5.74, 6) is 0.631. The highest BCUT2D eigenvalue weighted by Gasteiger charge is 2.40. The molecule has 0 aromatic carbocycles. The molecule has 2 aromatic rings. The summed E-state index contributed by atoms with van der Waals surface area (Å²) in [6.07, 6.45) is 5.76. The van der Waals surface area contributed by atoms with Gasteiger partial charge in [-0.2, -0.15) is 0 Å². The molecule has 2 N–H and O–H groups in total. The second kappa shape index (κ2) is 4.56. The summed E-state index contributed by atoms with van der Waals surface area (Å²) in [7, 11) is 0. The highest BCUT2D eigenvalue weighted by atomic mass is 79.9. The summed E-state index contributed by atoms with van der Waals surface area (Å²) < 4.78 is 2.84. The van der Waals surface area contributed by atoms with Gasteiger partial charge in [-0.15, -0.1) is 0 Å². The first-order chi connectivity index (χ1) is 9.70. The zero-order chi connectivity index (χ0) is 13.7. The minimum absolute atomic E-state index is 0.0909. The number of hydrogen-bond acceptors (Lipinski definition) is 3. The quantitative estimate of drug-likeness (QED) is 0.876. The van der Waals surface area contributed by atoms with E-state index in [0.717, 1.165) is 29.0 Å².